The van der Waals surface area contributed by atoms with Gasteiger partial charge in [0.25, 0.3) is 0 Å². The predicted molar refractivity (Wildman–Crippen MR) is 67.0 cm³/mol. The van der Waals surface area contributed by atoms with Crippen molar-refractivity contribution in [1.29, 1.82) is 0 Å². The largest absolute Gasteiger partial charge is 0.469 e. The van der Waals surface area contributed by atoms with Crippen LogP contribution in [0.15, 0.2) is 0 Å². The summed E-state index contributed by atoms with van der Waals surface area (Å²) < 4.78 is 4.75. The van der Waals surface area contributed by atoms with Gasteiger partial charge in [-0.2, -0.15) is 0 Å². The molecule has 1 amide bonds. The zero-order chi connectivity index (χ0) is 13.0. The Kier molecular flexibility index (Phi) is 4.58. The van der Waals surface area contributed by atoms with Crippen LogP contribution in [0.2, 0.25) is 0 Å². The van der Waals surface area contributed by atoms with Crippen molar-refractivity contribution in [2.75, 3.05) is 39.8 Å². The van der Waals surface area contributed by atoms with Crippen molar-refractivity contribution < 1.29 is 14.3 Å². The number of methoxy groups -OCH3 is 1. The van der Waals surface area contributed by atoms with Crippen LogP contribution in [0.1, 0.15) is 25.7 Å². The summed E-state index contributed by atoms with van der Waals surface area (Å²) in [5.41, 5.74) is 0. The summed E-state index contributed by atoms with van der Waals surface area (Å²) in [4.78, 5) is 27.5. The third kappa shape index (κ3) is 3.22. The highest BCUT2D eigenvalue weighted by atomic mass is 16.5. The minimum atomic E-state index is -0.111. The SMILES string of the molecule is COC(=O)C1CCN(CC(=O)N2CCCC2)CC1. The molecule has 0 radical (unpaired) electrons. The molecule has 0 aromatic carbocycles. The number of carbonyl (C=O) groups excluding carboxylic acids is 2. The van der Waals surface area contributed by atoms with Crippen LogP contribution in [0.4, 0.5) is 0 Å². The van der Waals surface area contributed by atoms with Crippen LogP contribution >= 0.6 is 0 Å². The van der Waals surface area contributed by atoms with E-state index in [4.69, 9.17) is 4.74 Å². The second-order valence-electron chi connectivity index (χ2n) is 5.16. The zero-order valence-electron chi connectivity index (χ0n) is 11.1. The maximum Gasteiger partial charge on any atom is 0.308 e. The number of carbonyl (C=O) groups is 2. The standard InChI is InChI=1S/C13H22N2O3/c1-18-13(17)11-4-8-14(9-5-11)10-12(16)15-6-2-3-7-15/h11H,2-10H2,1H3. The quantitative estimate of drug-likeness (QED) is 0.688. The minimum absolute atomic E-state index is 0.0214. The molecule has 2 heterocycles. The summed E-state index contributed by atoms with van der Waals surface area (Å²) in [7, 11) is 1.44. The number of likely N-dealkylation sites (tertiary alicyclic amines) is 2. The van der Waals surface area contributed by atoms with Gasteiger partial charge >= 0.3 is 5.97 Å². The molecular formula is C13H22N2O3. The van der Waals surface area contributed by atoms with Crippen molar-refractivity contribution in [2.45, 2.75) is 25.7 Å². The molecular weight excluding hydrogens is 232 g/mol. The first-order valence-electron chi connectivity index (χ1n) is 6.78. The lowest BCUT2D eigenvalue weighted by molar-refractivity contribution is -0.147. The van der Waals surface area contributed by atoms with Crippen LogP contribution in [0, 0.1) is 5.92 Å². The van der Waals surface area contributed by atoms with Crippen LogP contribution in [0.25, 0.3) is 0 Å². The average Bonchev–Trinajstić information content (AvgIpc) is 2.92. The lowest BCUT2D eigenvalue weighted by Crippen LogP contribution is -2.43. The monoisotopic (exact) mass is 254 g/mol. The number of hydrogen-bond donors (Lipinski definition) is 0. The topological polar surface area (TPSA) is 49.9 Å². The van der Waals surface area contributed by atoms with Crippen LogP contribution in [-0.2, 0) is 14.3 Å². The molecule has 0 bridgehead atoms. The van der Waals surface area contributed by atoms with Gasteiger partial charge in [-0.25, -0.2) is 0 Å². The molecule has 0 aromatic rings. The zero-order valence-corrected chi connectivity index (χ0v) is 11.1. The van der Waals surface area contributed by atoms with Crippen molar-refractivity contribution in [3.05, 3.63) is 0 Å². The van der Waals surface area contributed by atoms with Gasteiger partial charge in [0.1, 0.15) is 0 Å². The first-order valence-corrected chi connectivity index (χ1v) is 6.78. The molecule has 0 spiro atoms. The fourth-order valence-corrected chi connectivity index (χ4v) is 2.75. The van der Waals surface area contributed by atoms with Gasteiger partial charge in [-0.3, -0.25) is 14.5 Å². The summed E-state index contributed by atoms with van der Waals surface area (Å²) >= 11 is 0. The van der Waals surface area contributed by atoms with Crippen molar-refractivity contribution in [1.82, 2.24) is 9.80 Å². The molecule has 5 heteroatoms. The Balaban J connectivity index is 1.73. The van der Waals surface area contributed by atoms with Crippen molar-refractivity contribution in [3.63, 3.8) is 0 Å². The van der Waals surface area contributed by atoms with Gasteiger partial charge in [-0.1, -0.05) is 0 Å². The van der Waals surface area contributed by atoms with Crippen LogP contribution in [0.5, 0.6) is 0 Å². The van der Waals surface area contributed by atoms with Gasteiger partial charge < -0.3 is 9.64 Å². The van der Waals surface area contributed by atoms with E-state index in [1.54, 1.807) is 0 Å². The average molecular weight is 254 g/mol. The lowest BCUT2D eigenvalue weighted by Gasteiger charge is -2.31. The Morgan fingerprint density at radius 3 is 2.28 bits per heavy atom. The molecule has 0 saturated carbocycles. The number of nitrogens with zero attached hydrogens (tertiary/aromatic N) is 2. The van der Waals surface area contributed by atoms with Gasteiger partial charge in [0, 0.05) is 13.1 Å². The second kappa shape index (κ2) is 6.18. The van der Waals surface area contributed by atoms with E-state index >= 15 is 0 Å². The summed E-state index contributed by atoms with van der Waals surface area (Å²) in [6.45, 7) is 3.97. The Bertz CT molecular complexity index is 305. The summed E-state index contributed by atoms with van der Waals surface area (Å²) in [6.07, 6.45) is 3.88. The molecule has 102 valence electrons. The number of amides is 1. The first-order chi connectivity index (χ1) is 8.70. The van der Waals surface area contributed by atoms with E-state index in [2.05, 4.69) is 4.90 Å². The van der Waals surface area contributed by atoms with E-state index in [1.807, 2.05) is 4.90 Å². The highest BCUT2D eigenvalue weighted by Crippen LogP contribution is 2.18. The molecule has 0 unspecified atom stereocenters. The molecule has 2 aliphatic rings. The molecule has 2 saturated heterocycles. The summed E-state index contributed by atoms with van der Waals surface area (Å²) in [5.74, 6) is 0.151. The van der Waals surface area contributed by atoms with Crippen molar-refractivity contribution in [3.8, 4) is 0 Å². The molecule has 0 N–H and O–H groups in total. The van der Waals surface area contributed by atoms with Crippen molar-refractivity contribution >= 4 is 11.9 Å². The molecule has 2 aliphatic heterocycles. The van der Waals surface area contributed by atoms with Gasteiger partial charge in [0.2, 0.25) is 5.91 Å². The minimum Gasteiger partial charge on any atom is -0.469 e. The van der Waals surface area contributed by atoms with E-state index < -0.39 is 0 Å². The van der Waals surface area contributed by atoms with E-state index in [-0.39, 0.29) is 17.8 Å². The number of rotatable bonds is 3. The molecule has 2 fully saturated rings. The third-order valence-corrected chi connectivity index (χ3v) is 3.94. The predicted octanol–water partition coefficient (Wildman–Crippen LogP) is 0.494. The second-order valence-corrected chi connectivity index (χ2v) is 5.16. The highest BCUT2D eigenvalue weighted by Gasteiger charge is 2.27. The molecule has 18 heavy (non-hydrogen) atoms. The number of hydrogen-bond acceptors (Lipinski definition) is 4. The highest BCUT2D eigenvalue weighted by molar-refractivity contribution is 5.78. The summed E-state index contributed by atoms with van der Waals surface area (Å²) in [5, 5.41) is 0. The van der Waals surface area contributed by atoms with Crippen molar-refractivity contribution in [2.24, 2.45) is 5.92 Å². The molecule has 0 aliphatic carbocycles. The normalized spacial score (nSPS) is 22.2. The molecule has 5 nitrogen and oxygen atoms in total. The van der Waals surface area contributed by atoms with Crippen LogP contribution in [0.3, 0.4) is 0 Å². The van der Waals surface area contributed by atoms with Gasteiger partial charge in [0.15, 0.2) is 0 Å². The van der Waals surface area contributed by atoms with Gasteiger partial charge in [-0.05, 0) is 38.8 Å². The molecule has 2 rings (SSSR count). The van der Waals surface area contributed by atoms with E-state index in [9.17, 15) is 9.59 Å². The number of ether oxygens (including phenoxy) is 1. The van der Waals surface area contributed by atoms with E-state index in [0.717, 1.165) is 51.9 Å². The fourth-order valence-electron chi connectivity index (χ4n) is 2.75. The fraction of sp³-hybridized carbons (Fsp3) is 0.846. The Morgan fingerprint density at radius 1 is 1.11 bits per heavy atom. The van der Waals surface area contributed by atoms with Crippen LogP contribution in [-0.4, -0.2) is 61.5 Å². The van der Waals surface area contributed by atoms with Gasteiger partial charge in [-0.15, -0.1) is 0 Å². The van der Waals surface area contributed by atoms with Crippen LogP contribution < -0.4 is 0 Å². The Labute approximate surface area is 108 Å². The molecule has 0 aromatic heterocycles. The maximum atomic E-state index is 12.0. The number of esters is 1. The lowest BCUT2D eigenvalue weighted by atomic mass is 9.97. The third-order valence-electron chi connectivity index (χ3n) is 3.94. The number of piperidine rings is 1. The van der Waals surface area contributed by atoms with Gasteiger partial charge in [0.05, 0.1) is 19.6 Å². The molecule has 0 atom stereocenters. The maximum absolute atomic E-state index is 12.0. The Morgan fingerprint density at radius 2 is 1.72 bits per heavy atom. The summed E-state index contributed by atoms with van der Waals surface area (Å²) in [6, 6.07) is 0. The van der Waals surface area contributed by atoms with E-state index in [1.165, 1.54) is 7.11 Å². The van der Waals surface area contributed by atoms with E-state index in [0.29, 0.717) is 6.54 Å². The first kappa shape index (κ1) is 13.3. The smallest absolute Gasteiger partial charge is 0.308 e. The Hall–Kier alpha value is -1.10.